The number of hydrogen-bond acceptors (Lipinski definition) is 5. The van der Waals surface area contributed by atoms with E-state index in [0.29, 0.717) is 12.0 Å². The van der Waals surface area contributed by atoms with Gasteiger partial charge in [-0.15, -0.1) is 0 Å². The van der Waals surface area contributed by atoms with Crippen LogP contribution in [0.15, 0.2) is 52.5 Å². The molecule has 0 aliphatic rings. The molecule has 1 heterocycles. The molecule has 0 spiro atoms. The monoisotopic (exact) mass is 606 g/mol. The Kier molecular flexibility index (Phi) is 12.8. The normalized spacial score (nSPS) is 13.2. The molecular weight excluding hydrogens is 560 g/mol. The maximum atomic E-state index is 12.7. The van der Waals surface area contributed by atoms with Crippen molar-refractivity contribution >= 4 is 31.3 Å². The number of aromatic nitrogens is 2. The zero-order chi connectivity index (χ0) is 29.9. The van der Waals surface area contributed by atoms with Crippen LogP contribution in [0.25, 0.3) is 11.0 Å². The Labute approximate surface area is 246 Å². The predicted molar refractivity (Wildman–Crippen MR) is 164 cm³/mol. The summed E-state index contributed by atoms with van der Waals surface area (Å²) in [5, 5.41) is -0.660. The summed E-state index contributed by atoms with van der Waals surface area (Å²) in [5.74, 6) is -0.145. The third-order valence-corrected chi connectivity index (χ3v) is 9.60. The van der Waals surface area contributed by atoms with Gasteiger partial charge in [0, 0.05) is 0 Å². The molecule has 0 amide bonds. The number of imidazole rings is 1. The van der Waals surface area contributed by atoms with E-state index in [1.165, 1.54) is 62.4 Å². The van der Waals surface area contributed by atoms with Crippen molar-refractivity contribution in [2.75, 3.05) is 0 Å². The van der Waals surface area contributed by atoms with Crippen LogP contribution in [0.4, 0.5) is 0 Å². The fraction of sp³-hybridized carbons (Fsp3) is 0.581. The molecule has 10 heteroatoms. The van der Waals surface area contributed by atoms with Gasteiger partial charge in [-0.1, -0.05) is 127 Å². The minimum Gasteiger partial charge on any atom is -0.308 e. The quantitative estimate of drug-likeness (QED) is 0.104. The summed E-state index contributed by atoms with van der Waals surface area (Å²) in [4.78, 5) is 3.70. The second-order valence-electron chi connectivity index (χ2n) is 11.1. The maximum Gasteiger partial charge on any atom is 0.328 e. The van der Waals surface area contributed by atoms with Gasteiger partial charge in [0.05, 0.1) is 12.1 Å². The van der Waals surface area contributed by atoms with E-state index in [2.05, 4.69) is 11.9 Å². The highest BCUT2D eigenvalue weighted by atomic mass is 32.2. The fourth-order valence-corrected chi connectivity index (χ4v) is 7.26. The number of unbranched alkanes of at least 4 members (excludes halogenated alkanes) is 11. The van der Waals surface area contributed by atoms with Crippen LogP contribution < -0.4 is 0 Å². The number of hydrogen-bond donors (Lipinski definition) is 2. The fourth-order valence-electron chi connectivity index (χ4n) is 5.68. The summed E-state index contributed by atoms with van der Waals surface area (Å²) in [6.07, 6.45) is 16.2. The molecule has 0 saturated carbocycles. The first-order valence-corrected chi connectivity index (χ1v) is 18.0. The van der Waals surface area contributed by atoms with E-state index in [-0.39, 0.29) is 28.4 Å². The summed E-state index contributed by atoms with van der Waals surface area (Å²) in [6, 6.07) is 12.3. The van der Waals surface area contributed by atoms with Gasteiger partial charge in [-0.25, -0.2) is 4.98 Å². The Balaban J connectivity index is 1.74. The number of fused-ring (bicyclic) bond motifs is 1. The molecule has 0 aliphatic heterocycles. The molecule has 8 nitrogen and oxygen atoms in total. The lowest BCUT2D eigenvalue weighted by molar-refractivity contribution is 0.466. The van der Waals surface area contributed by atoms with E-state index in [4.69, 9.17) is 0 Å². The molecule has 3 rings (SSSR count). The highest BCUT2D eigenvalue weighted by Gasteiger charge is 2.30. The van der Waals surface area contributed by atoms with E-state index in [1.54, 1.807) is 36.4 Å². The van der Waals surface area contributed by atoms with Crippen molar-refractivity contribution in [2.45, 2.75) is 126 Å². The maximum absolute atomic E-state index is 12.7. The highest BCUT2D eigenvalue weighted by Crippen LogP contribution is 2.36. The average molecular weight is 607 g/mol. The Hall–Kier alpha value is -2.27. The van der Waals surface area contributed by atoms with Crippen molar-refractivity contribution in [1.29, 1.82) is 0 Å². The molecule has 0 fully saturated rings. The first-order valence-electron chi connectivity index (χ1n) is 15.1. The highest BCUT2D eigenvalue weighted by molar-refractivity contribution is 7.86. The first-order chi connectivity index (χ1) is 19.6. The van der Waals surface area contributed by atoms with Crippen molar-refractivity contribution in [3.63, 3.8) is 0 Å². The third-order valence-electron chi connectivity index (χ3n) is 7.88. The standard InChI is InChI=1S/C31H46N2O6S2/c1-3-5-6-7-8-9-10-11-12-13-14-18-21-26(4-2)27-22-23-28-29(30(27)40(34,35)36)32-31(41(37,38)39)33(28)24-25-19-16-15-17-20-25/h15-17,19-20,22-23,26H,3-14,18,21,24H2,1-2H3,(H,34,35,36)(H,37,38,39). The van der Waals surface area contributed by atoms with Gasteiger partial charge in [0.2, 0.25) is 0 Å². The number of nitrogens with zero attached hydrogens (tertiary/aromatic N) is 2. The lowest BCUT2D eigenvalue weighted by Gasteiger charge is -2.19. The van der Waals surface area contributed by atoms with Crippen molar-refractivity contribution in [3.8, 4) is 0 Å². The van der Waals surface area contributed by atoms with E-state index >= 15 is 0 Å². The number of rotatable bonds is 19. The number of benzene rings is 2. The zero-order valence-electron chi connectivity index (χ0n) is 24.5. The Morgan fingerprint density at radius 3 is 1.80 bits per heavy atom. The van der Waals surface area contributed by atoms with Crippen LogP contribution in [0.3, 0.4) is 0 Å². The molecule has 0 radical (unpaired) electrons. The van der Waals surface area contributed by atoms with Gasteiger partial charge in [0.25, 0.3) is 15.3 Å². The van der Waals surface area contributed by atoms with Crippen LogP contribution in [0.1, 0.15) is 121 Å². The minimum absolute atomic E-state index is 0.0484. The summed E-state index contributed by atoms with van der Waals surface area (Å²) in [5.41, 5.74) is 1.23. The molecule has 1 atom stereocenters. The lowest BCUT2D eigenvalue weighted by atomic mass is 9.90. The Morgan fingerprint density at radius 1 is 0.732 bits per heavy atom. The van der Waals surface area contributed by atoms with Crippen LogP contribution in [-0.2, 0) is 26.8 Å². The Bertz CT molecular complexity index is 1450. The molecule has 228 valence electrons. The van der Waals surface area contributed by atoms with E-state index in [9.17, 15) is 25.9 Å². The predicted octanol–water partition coefficient (Wildman–Crippen LogP) is 8.16. The summed E-state index contributed by atoms with van der Waals surface area (Å²) in [6.45, 7) is 4.26. The summed E-state index contributed by atoms with van der Waals surface area (Å²) in [7, 11) is -9.52. The second-order valence-corrected chi connectivity index (χ2v) is 13.7. The average Bonchev–Trinajstić information content (AvgIpc) is 3.29. The molecule has 0 aliphatic carbocycles. The van der Waals surface area contributed by atoms with Crippen LogP contribution in [0, 0.1) is 0 Å². The molecule has 3 aromatic rings. The van der Waals surface area contributed by atoms with E-state index in [0.717, 1.165) is 31.2 Å². The molecule has 1 unspecified atom stereocenters. The first kappa shape index (κ1) is 33.2. The van der Waals surface area contributed by atoms with Gasteiger partial charge < -0.3 is 4.57 Å². The SMILES string of the molecule is CCCCCCCCCCCCCCC(CC)c1ccc2c(nc(S(=O)(=O)O)n2Cc2ccccc2)c1S(=O)(=O)O. The second kappa shape index (κ2) is 15.8. The molecule has 2 aromatic carbocycles. The Morgan fingerprint density at radius 2 is 1.29 bits per heavy atom. The van der Waals surface area contributed by atoms with Crippen LogP contribution in [0.5, 0.6) is 0 Å². The topological polar surface area (TPSA) is 127 Å². The van der Waals surface area contributed by atoms with Gasteiger partial charge in [0.1, 0.15) is 10.4 Å². The third kappa shape index (κ3) is 9.63. The van der Waals surface area contributed by atoms with E-state index in [1.807, 2.05) is 13.0 Å². The van der Waals surface area contributed by atoms with E-state index < -0.39 is 25.4 Å². The molecule has 0 bridgehead atoms. The van der Waals surface area contributed by atoms with Gasteiger partial charge in [0.15, 0.2) is 0 Å². The van der Waals surface area contributed by atoms with Crippen molar-refractivity contribution < 1.29 is 25.9 Å². The van der Waals surface area contributed by atoms with Crippen molar-refractivity contribution in [3.05, 3.63) is 53.6 Å². The lowest BCUT2D eigenvalue weighted by Crippen LogP contribution is -2.11. The summed E-state index contributed by atoms with van der Waals surface area (Å²) < 4.78 is 71.3. The van der Waals surface area contributed by atoms with Crippen LogP contribution in [-0.4, -0.2) is 35.5 Å². The largest absolute Gasteiger partial charge is 0.328 e. The zero-order valence-corrected chi connectivity index (χ0v) is 26.1. The van der Waals surface area contributed by atoms with Gasteiger partial charge >= 0.3 is 10.1 Å². The van der Waals surface area contributed by atoms with Gasteiger partial charge in [-0.3, -0.25) is 9.11 Å². The van der Waals surface area contributed by atoms with Crippen LogP contribution in [0.2, 0.25) is 0 Å². The minimum atomic E-state index is -4.78. The van der Waals surface area contributed by atoms with Gasteiger partial charge in [-0.2, -0.15) is 16.8 Å². The smallest absolute Gasteiger partial charge is 0.308 e. The van der Waals surface area contributed by atoms with Crippen molar-refractivity contribution in [2.24, 2.45) is 0 Å². The molecule has 1 aromatic heterocycles. The summed E-state index contributed by atoms with van der Waals surface area (Å²) >= 11 is 0. The van der Waals surface area contributed by atoms with Crippen molar-refractivity contribution in [1.82, 2.24) is 9.55 Å². The molecule has 2 N–H and O–H groups in total. The molecular formula is C31H46N2O6S2. The van der Waals surface area contributed by atoms with Gasteiger partial charge in [-0.05, 0) is 36.0 Å². The van der Waals surface area contributed by atoms with Crippen LogP contribution >= 0.6 is 0 Å². The molecule has 0 saturated heterocycles. The molecule has 41 heavy (non-hydrogen) atoms.